The van der Waals surface area contributed by atoms with Crippen LogP contribution < -0.4 is 10.2 Å². The quantitative estimate of drug-likeness (QED) is 0.488. The molecular weight excluding hydrogens is 427 g/mol. The zero-order valence-electron chi connectivity index (χ0n) is 18.5. The van der Waals surface area contributed by atoms with Crippen molar-refractivity contribution < 1.29 is 14.0 Å². The summed E-state index contributed by atoms with van der Waals surface area (Å²) in [6.45, 7) is 15.9. The molecule has 0 unspecified atom stereocenters. The summed E-state index contributed by atoms with van der Waals surface area (Å²) in [6.07, 6.45) is 2.63. The number of hydrogen-bond donors (Lipinski definition) is 1. The van der Waals surface area contributed by atoms with Gasteiger partial charge in [-0.15, -0.1) is 0 Å². The number of carbonyl (C=O) groups excluding carboxylic acids is 2. The zero-order valence-corrected chi connectivity index (χ0v) is 19.3. The molecule has 0 amide bonds. The Hall–Kier alpha value is -3.11. The van der Waals surface area contributed by atoms with E-state index in [0.29, 0.717) is 17.3 Å². The molecule has 2 aromatic carbocycles. The van der Waals surface area contributed by atoms with Crippen LogP contribution >= 0.6 is 12.2 Å². The number of benzene rings is 2. The van der Waals surface area contributed by atoms with E-state index in [1.54, 1.807) is 12.1 Å². The maximum absolute atomic E-state index is 14.8. The molecule has 0 saturated carbocycles. The van der Waals surface area contributed by atoms with Crippen LogP contribution in [0.3, 0.4) is 0 Å². The van der Waals surface area contributed by atoms with Gasteiger partial charge in [0, 0.05) is 29.5 Å². The number of halogens is 1. The van der Waals surface area contributed by atoms with Crippen molar-refractivity contribution in [1.29, 1.82) is 0 Å². The maximum Gasteiger partial charge on any atom is 0.373 e. The van der Waals surface area contributed by atoms with Gasteiger partial charge in [0.1, 0.15) is 5.82 Å². The van der Waals surface area contributed by atoms with Crippen LogP contribution in [0.25, 0.3) is 4.85 Å². The molecular formula is C24H27FN4O2S. The minimum atomic E-state index is -0.194. The van der Waals surface area contributed by atoms with Crippen LogP contribution in [0.4, 0.5) is 21.5 Å². The van der Waals surface area contributed by atoms with E-state index < -0.39 is 0 Å². The van der Waals surface area contributed by atoms with E-state index in [0.717, 1.165) is 35.6 Å². The number of thiocarbonyl (C=S) groups is 1. The fourth-order valence-corrected chi connectivity index (χ4v) is 4.12. The van der Waals surface area contributed by atoms with Gasteiger partial charge in [-0.25, -0.2) is 9.24 Å². The molecule has 0 atom stereocenters. The second-order valence-electron chi connectivity index (χ2n) is 7.85. The van der Waals surface area contributed by atoms with E-state index in [2.05, 4.69) is 15.1 Å². The highest BCUT2D eigenvalue weighted by Crippen LogP contribution is 2.26. The Labute approximate surface area is 193 Å². The number of nitrogens with zero attached hydrogens (tertiary/aromatic N) is 3. The number of hydrogen-bond acceptors (Lipinski definition) is 4. The molecule has 2 aromatic rings. The van der Waals surface area contributed by atoms with Gasteiger partial charge in [0.25, 0.3) is 0 Å². The van der Waals surface area contributed by atoms with Crippen LogP contribution in [-0.2, 0) is 16.1 Å². The molecule has 0 radical (unpaired) electrons. The van der Waals surface area contributed by atoms with Gasteiger partial charge < -0.3 is 10.2 Å². The largest absolute Gasteiger partial charge is 0.373 e. The molecule has 0 bridgehead atoms. The predicted molar refractivity (Wildman–Crippen MR) is 127 cm³/mol. The van der Waals surface area contributed by atoms with Crippen LogP contribution in [0.15, 0.2) is 36.4 Å². The fourth-order valence-electron chi connectivity index (χ4n) is 3.69. The monoisotopic (exact) mass is 454 g/mol. The maximum atomic E-state index is 14.8. The number of likely N-dealkylation sites (tertiary alicyclic amines) is 1. The van der Waals surface area contributed by atoms with Gasteiger partial charge in [0.15, 0.2) is 10.8 Å². The minimum absolute atomic E-state index is 0.0578. The third kappa shape index (κ3) is 6.69. The number of aryl methyl sites for hydroxylation is 1. The number of anilines is 2. The Morgan fingerprint density at radius 1 is 1.25 bits per heavy atom. The Bertz CT molecular complexity index is 1020. The van der Waals surface area contributed by atoms with Crippen molar-refractivity contribution in [3.63, 3.8) is 0 Å². The highest BCUT2D eigenvalue weighted by molar-refractivity contribution is 7.80. The molecule has 168 valence electrons. The zero-order chi connectivity index (χ0) is 23.7. The molecule has 0 aliphatic carbocycles. The molecule has 1 fully saturated rings. The first-order chi connectivity index (χ1) is 15.3. The Kier molecular flexibility index (Phi) is 9.48. The summed E-state index contributed by atoms with van der Waals surface area (Å²) in [4.78, 5) is 23.9. The normalized spacial score (nSPS) is 13.0. The molecule has 32 heavy (non-hydrogen) atoms. The summed E-state index contributed by atoms with van der Waals surface area (Å²) in [7, 11) is 0. The van der Waals surface area contributed by atoms with Crippen LogP contribution in [0.5, 0.6) is 0 Å². The van der Waals surface area contributed by atoms with Crippen molar-refractivity contribution in [3.05, 3.63) is 64.8 Å². The molecule has 3 rings (SSSR count). The molecule has 1 saturated heterocycles. The van der Waals surface area contributed by atoms with Gasteiger partial charge in [-0.05, 0) is 88.7 Å². The fraction of sp³-hybridized carbons (Fsp3) is 0.375. The highest BCUT2D eigenvalue weighted by atomic mass is 32.1. The van der Waals surface area contributed by atoms with Crippen LogP contribution in [0.2, 0.25) is 0 Å². The third-order valence-electron chi connectivity index (χ3n) is 5.21. The first-order valence-electron chi connectivity index (χ1n) is 10.4. The topological polar surface area (TPSA) is 57.0 Å². The van der Waals surface area contributed by atoms with Gasteiger partial charge in [0.2, 0.25) is 0 Å². The highest BCUT2D eigenvalue weighted by Gasteiger charge is 2.19. The number of rotatable bonds is 5. The molecule has 0 spiro atoms. The lowest BCUT2D eigenvalue weighted by molar-refractivity contribution is -0.191. The van der Waals surface area contributed by atoms with Crippen molar-refractivity contribution in [2.24, 2.45) is 0 Å². The van der Waals surface area contributed by atoms with Crippen LogP contribution in [0.1, 0.15) is 37.8 Å². The lowest BCUT2D eigenvalue weighted by Crippen LogP contribution is -2.40. The lowest BCUT2D eigenvalue weighted by Gasteiger charge is -2.30. The van der Waals surface area contributed by atoms with Crippen molar-refractivity contribution in [2.45, 2.75) is 46.2 Å². The molecule has 8 heteroatoms. The second-order valence-corrected chi connectivity index (χ2v) is 8.24. The van der Waals surface area contributed by atoms with Crippen molar-refractivity contribution >= 4 is 40.5 Å². The lowest BCUT2D eigenvalue weighted by atomic mass is 10.1. The average molecular weight is 455 g/mol. The van der Waals surface area contributed by atoms with E-state index >= 15 is 0 Å². The van der Waals surface area contributed by atoms with E-state index in [4.69, 9.17) is 28.4 Å². The molecule has 1 N–H and O–H groups in total. The molecule has 6 nitrogen and oxygen atoms in total. The van der Waals surface area contributed by atoms with Gasteiger partial charge in [0.05, 0.1) is 6.57 Å². The second kappa shape index (κ2) is 12.1. The summed E-state index contributed by atoms with van der Waals surface area (Å²) in [6, 6.07) is 11.0. The first-order valence-corrected chi connectivity index (χ1v) is 10.8. The van der Waals surface area contributed by atoms with Gasteiger partial charge in [-0.1, -0.05) is 12.1 Å². The third-order valence-corrected chi connectivity index (χ3v) is 5.51. The SMILES string of the molecule is O=C=O.[C-]#[N+]c1ccc(NC(=S)N(c2ccc(CN3CCCC3)c(F)c2)C(C)C)cc1C. The van der Waals surface area contributed by atoms with E-state index in [1.807, 2.05) is 49.9 Å². The van der Waals surface area contributed by atoms with Gasteiger partial charge in [-0.3, -0.25) is 4.90 Å². The summed E-state index contributed by atoms with van der Waals surface area (Å²) in [5.41, 5.74) is 3.79. The molecule has 1 heterocycles. The Morgan fingerprint density at radius 2 is 1.91 bits per heavy atom. The summed E-state index contributed by atoms with van der Waals surface area (Å²) in [5.74, 6) is -0.194. The van der Waals surface area contributed by atoms with Crippen molar-refractivity contribution in [3.8, 4) is 0 Å². The Morgan fingerprint density at radius 3 is 2.44 bits per heavy atom. The molecule has 0 aromatic heterocycles. The Balaban J connectivity index is 0.00000114. The minimum Gasteiger partial charge on any atom is -0.332 e. The number of nitrogens with one attached hydrogen (secondary N) is 1. The van der Waals surface area contributed by atoms with E-state index in [1.165, 1.54) is 12.8 Å². The first kappa shape index (κ1) is 25.2. The van der Waals surface area contributed by atoms with Gasteiger partial charge in [-0.2, -0.15) is 9.59 Å². The smallest absolute Gasteiger partial charge is 0.332 e. The summed E-state index contributed by atoms with van der Waals surface area (Å²) >= 11 is 5.64. The van der Waals surface area contributed by atoms with Crippen LogP contribution in [-0.4, -0.2) is 35.3 Å². The molecule has 1 aliphatic rings. The standard InChI is InChI=1S/C23H27FN4S.CO2/c1-16(2)28(23(29)26-19-8-10-22(25-4)17(3)13-19)20-9-7-18(21(24)14-20)15-27-11-5-6-12-27;2-1-3/h7-10,13-14,16H,5-6,11-12,15H2,1-3H3,(H,26,29);. The summed E-state index contributed by atoms with van der Waals surface area (Å²) < 4.78 is 14.8. The van der Waals surface area contributed by atoms with Crippen molar-refractivity contribution in [1.82, 2.24) is 4.90 Å². The average Bonchev–Trinajstić information content (AvgIpc) is 3.24. The van der Waals surface area contributed by atoms with Crippen molar-refractivity contribution in [2.75, 3.05) is 23.3 Å². The predicted octanol–water partition coefficient (Wildman–Crippen LogP) is 5.31. The molecule has 1 aliphatic heterocycles. The summed E-state index contributed by atoms with van der Waals surface area (Å²) in [5, 5.41) is 3.73. The van der Waals surface area contributed by atoms with Crippen LogP contribution in [0, 0.1) is 19.3 Å². The van der Waals surface area contributed by atoms with E-state index in [9.17, 15) is 4.39 Å². The van der Waals surface area contributed by atoms with Gasteiger partial charge >= 0.3 is 6.15 Å². The van der Waals surface area contributed by atoms with E-state index in [-0.39, 0.29) is 18.0 Å².